The van der Waals surface area contributed by atoms with Gasteiger partial charge in [-0.1, -0.05) is 12.1 Å². The van der Waals surface area contributed by atoms with Crippen molar-refractivity contribution in [2.24, 2.45) is 0 Å². The van der Waals surface area contributed by atoms with Crippen LogP contribution in [-0.2, 0) is 16.1 Å². The van der Waals surface area contributed by atoms with E-state index < -0.39 is 0 Å². The standard InChI is InChI=1S/C13H16N2O2/c1-3-17-13(16)10(2)15-9-12-6-4-11(8-14)5-7-12/h4-7,10,15H,3,9H2,1-2H3. The van der Waals surface area contributed by atoms with E-state index in [0.717, 1.165) is 5.56 Å². The summed E-state index contributed by atoms with van der Waals surface area (Å²) in [4.78, 5) is 11.3. The average Bonchev–Trinajstić information content (AvgIpc) is 2.36. The predicted molar refractivity (Wildman–Crippen MR) is 64.1 cm³/mol. The van der Waals surface area contributed by atoms with E-state index in [1.54, 1.807) is 26.0 Å². The third kappa shape index (κ3) is 4.25. The molecule has 1 rings (SSSR count). The number of esters is 1. The molecule has 4 nitrogen and oxygen atoms in total. The molecular weight excluding hydrogens is 216 g/mol. The van der Waals surface area contributed by atoms with E-state index >= 15 is 0 Å². The van der Waals surface area contributed by atoms with Gasteiger partial charge in [0.05, 0.1) is 18.2 Å². The Morgan fingerprint density at radius 1 is 1.47 bits per heavy atom. The minimum atomic E-state index is -0.328. The molecule has 0 fully saturated rings. The molecule has 1 aromatic rings. The van der Waals surface area contributed by atoms with Crippen LogP contribution in [0.3, 0.4) is 0 Å². The smallest absolute Gasteiger partial charge is 0.322 e. The maximum absolute atomic E-state index is 11.3. The Balaban J connectivity index is 2.44. The zero-order valence-electron chi connectivity index (χ0n) is 10.1. The number of ether oxygens (including phenoxy) is 1. The molecule has 17 heavy (non-hydrogen) atoms. The summed E-state index contributed by atoms with van der Waals surface area (Å²) >= 11 is 0. The van der Waals surface area contributed by atoms with Crippen LogP contribution < -0.4 is 5.32 Å². The SMILES string of the molecule is CCOC(=O)C(C)NCc1ccc(C#N)cc1. The number of benzene rings is 1. The molecule has 0 saturated carbocycles. The summed E-state index contributed by atoms with van der Waals surface area (Å²) < 4.78 is 4.88. The van der Waals surface area contributed by atoms with Crippen LogP contribution in [0.2, 0.25) is 0 Å². The summed E-state index contributed by atoms with van der Waals surface area (Å²) in [7, 11) is 0. The molecule has 0 heterocycles. The lowest BCUT2D eigenvalue weighted by atomic mass is 10.1. The largest absolute Gasteiger partial charge is 0.465 e. The minimum absolute atomic E-state index is 0.249. The predicted octanol–water partition coefficient (Wildman–Crippen LogP) is 1.60. The van der Waals surface area contributed by atoms with Crippen LogP contribution in [0, 0.1) is 11.3 Å². The van der Waals surface area contributed by atoms with Gasteiger partial charge in [0.25, 0.3) is 0 Å². The maximum atomic E-state index is 11.3. The third-order valence-corrected chi connectivity index (χ3v) is 2.34. The van der Waals surface area contributed by atoms with Crippen LogP contribution >= 0.6 is 0 Å². The minimum Gasteiger partial charge on any atom is -0.465 e. The molecule has 0 aliphatic heterocycles. The lowest BCUT2D eigenvalue weighted by molar-refractivity contribution is -0.145. The molecule has 1 unspecified atom stereocenters. The van der Waals surface area contributed by atoms with Gasteiger partial charge in [-0.3, -0.25) is 4.79 Å². The topological polar surface area (TPSA) is 62.1 Å². The van der Waals surface area contributed by atoms with Gasteiger partial charge in [0.1, 0.15) is 6.04 Å². The Morgan fingerprint density at radius 2 is 2.12 bits per heavy atom. The van der Waals surface area contributed by atoms with E-state index in [1.807, 2.05) is 12.1 Å². The van der Waals surface area contributed by atoms with Crippen LogP contribution in [0.1, 0.15) is 25.0 Å². The molecule has 1 atom stereocenters. The van der Waals surface area contributed by atoms with Gasteiger partial charge in [-0.25, -0.2) is 0 Å². The van der Waals surface area contributed by atoms with E-state index in [2.05, 4.69) is 11.4 Å². The van der Waals surface area contributed by atoms with Gasteiger partial charge >= 0.3 is 5.97 Å². The average molecular weight is 232 g/mol. The monoisotopic (exact) mass is 232 g/mol. The number of nitrogens with zero attached hydrogens (tertiary/aromatic N) is 1. The fraction of sp³-hybridized carbons (Fsp3) is 0.385. The molecule has 90 valence electrons. The number of nitriles is 1. The molecule has 0 saturated heterocycles. The molecule has 1 N–H and O–H groups in total. The van der Waals surface area contributed by atoms with Crippen LogP contribution in [0.4, 0.5) is 0 Å². The van der Waals surface area contributed by atoms with Crippen LogP contribution in [0.25, 0.3) is 0 Å². The normalized spacial score (nSPS) is 11.6. The first-order valence-electron chi connectivity index (χ1n) is 5.56. The highest BCUT2D eigenvalue weighted by Crippen LogP contribution is 2.03. The second-order valence-corrected chi connectivity index (χ2v) is 3.66. The second-order valence-electron chi connectivity index (χ2n) is 3.66. The van der Waals surface area contributed by atoms with Gasteiger partial charge < -0.3 is 10.1 Å². The Bertz CT molecular complexity index is 406. The first-order chi connectivity index (χ1) is 8.17. The van der Waals surface area contributed by atoms with Gasteiger partial charge in [0.15, 0.2) is 0 Å². The maximum Gasteiger partial charge on any atom is 0.322 e. The first-order valence-corrected chi connectivity index (χ1v) is 5.56. The van der Waals surface area contributed by atoms with Crippen molar-refractivity contribution in [3.63, 3.8) is 0 Å². The van der Waals surface area contributed by atoms with Crippen molar-refractivity contribution in [2.75, 3.05) is 6.61 Å². The van der Waals surface area contributed by atoms with Crippen LogP contribution in [-0.4, -0.2) is 18.6 Å². The van der Waals surface area contributed by atoms with Crippen molar-refractivity contribution in [1.29, 1.82) is 5.26 Å². The molecule has 0 aromatic heterocycles. The van der Waals surface area contributed by atoms with Crippen LogP contribution in [0.5, 0.6) is 0 Å². The van der Waals surface area contributed by atoms with Crippen molar-refractivity contribution in [2.45, 2.75) is 26.4 Å². The molecule has 4 heteroatoms. The van der Waals surface area contributed by atoms with Gasteiger partial charge in [0.2, 0.25) is 0 Å². The molecule has 1 aromatic carbocycles. The highest BCUT2D eigenvalue weighted by Gasteiger charge is 2.12. The second kappa shape index (κ2) is 6.66. The number of carbonyl (C=O) groups excluding carboxylic acids is 1. The lowest BCUT2D eigenvalue weighted by Crippen LogP contribution is -2.34. The van der Waals surface area contributed by atoms with E-state index in [1.165, 1.54) is 0 Å². The van der Waals surface area contributed by atoms with Crippen molar-refractivity contribution in [1.82, 2.24) is 5.32 Å². The molecular formula is C13H16N2O2. The summed E-state index contributed by atoms with van der Waals surface area (Å²) in [6, 6.07) is 8.97. The van der Waals surface area contributed by atoms with E-state index in [-0.39, 0.29) is 12.0 Å². The Morgan fingerprint density at radius 3 is 2.65 bits per heavy atom. The Kier molecular flexibility index (Phi) is 5.18. The van der Waals surface area contributed by atoms with E-state index in [9.17, 15) is 4.79 Å². The van der Waals surface area contributed by atoms with Crippen LogP contribution in [0.15, 0.2) is 24.3 Å². The summed E-state index contributed by atoms with van der Waals surface area (Å²) in [5, 5.41) is 11.7. The molecule has 0 bridgehead atoms. The third-order valence-electron chi connectivity index (χ3n) is 2.34. The van der Waals surface area contributed by atoms with Crippen molar-refractivity contribution >= 4 is 5.97 Å². The molecule has 0 spiro atoms. The molecule has 0 amide bonds. The Hall–Kier alpha value is -1.86. The summed E-state index contributed by atoms with van der Waals surface area (Å²) in [6.07, 6.45) is 0. The van der Waals surface area contributed by atoms with E-state index in [0.29, 0.717) is 18.7 Å². The van der Waals surface area contributed by atoms with Crippen molar-refractivity contribution < 1.29 is 9.53 Å². The highest BCUT2D eigenvalue weighted by atomic mass is 16.5. The van der Waals surface area contributed by atoms with E-state index in [4.69, 9.17) is 10.00 Å². The van der Waals surface area contributed by atoms with Crippen molar-refractivity contribution in [3.05, 3.63) is 35.4 Å². The number of hydrogen-bond acceptors (Lipinski definition) is 4. The van der Waals surface area contributed by atoms with Gasteiger partial charge in [0, 0.05) is 6.54 Å². The number of nitrogens with one attached hydrogen (secondary N) is 1. The number of carbonyl (C=O) groups is 1. The summed E-state index contributed by atoms with van der Waals surface area (Å²) in [6.45, 7) is 4.51. The van der Waals surface area contributed by atoms with Crippen molar-refractivity contribution in [3.8, 4) is 6.07 Å². The number of rotatable bonds is 5. The summed E-state index contributed by atoms with van der Waals surface area (Å²) in [5.74, 6) is -0.249. The zero-order chi connectivity index (χ0) is 12.7. The Labute approximate surface area is 101 Å². The molecule has 0 aliphatic rings. The first kappa shape index (κ1) is 13.2. The van der Waals surface area contributed by atoms with Gasteiger partial charge in [-0.2, -0.15) is 5.26 Å². The summed E-state index contributed by atoms with van der Waals surface area (Å²) in [5.41, 5.74) is 1.66. The van der Waals surface area contributed by atoms with Gasteiger partial charge in [-0.05, 0) is 31.5 Å². The molecule has 0 aliphatic carbocycles. The zero-order valence-corrected chi connectivity index (χ0v) is 10.1. The molecule has 0 radical (unpaired) electrons. The number of hydrogen-bond donors (Lipinski definition) is 1. The van der Waals surface area contributed by atoms with Gasteiger partial charge in [-0.15, -0.1) is 0 Å². The lowest BCUT2D eigenvalue weighted by Gasteiger charge is -2.12. The fourth-order valence-corrected chi connectivity index (χ4v) is 1.32. The quantitative estimate of drug-likeness (QED) is 0.783. The highest BCUT2D eigenvalue weighted by molar-refractivity contribution is 5.75. The fourth-order valence-electron chi connectivity index (χ4n) is 1.32.